The highest BCUT2D eigenvalue weighted by Gasteiger charge is 2.13. The number of nitrogens with zero attached hydrogens (tertiary/aromatic N) is 2. The maximum Gasteiger partial charge on any atom is 0.294 e. The molecule has 0 aliphatic carbocycles. The Morgan fingerprint density at radius 3 is 2.23 bits per heavy atom. The van der Waals surface area contributed by atoms with Crippen LogP contribution in [0.5, 0.6) is 5.75 Å². The molecule has 0 heterocycles. The van der Waals surface area contributed by atoms with Gasteiger partial charge in [0.05, 0.1) is 15.5 Å². The average Bonchev–Trinajstić information content (AvgIpc) is 2.60. The Labute approximate surface area is 150 Å². The van der Waals surface area contributed by atoms with Crippen LogP contribution in [-0.2, 0) is 21.2 Å². The van der Waals surface area contributed by atoms with Gasteiger partial charge in [-0.05, 0) is 47.9 Å². The van der Waals surface area contributed by atoms with Crippen molar-refractivity contribution in [3.05, 3.63) is 54.6 Å². The van der Waals surface area contributed by atoms with Crippen molar-refractivity contribution in [1.82, 2.24) is 0 Å². The molecule has 0 spiro atoms. The lowest BCUT2D eigenvalue weighted by Crippen LogP contribution is -1.97. The number of phenols is 1. The molecule has 1 atom stereocenters. The molecular formula is C16H12N2O6S2. The van der Waals surface area contributed by atoms with Crippen LogP contribution < -0.4 is 0 Å². The third-order valence-corrected chi connectivity index (χ3v) is 5.07. The first-order valence-electron chi connectivity index (χ1n) is 7.11. The van der Waals surface area contributed by atoms with E-state index in [0.717, 1.165) is 0 Å². The maximum absolute atomic E-state index is 11.2. The second-order valence-electron chi connectivity index (χ2n) is 5.23. The standard InChI is InChI=1S/C16H12N2O6S2/c19-15-8-1-10-9-13(26(22,23)24)6-7-14(10)16(15)18-17-11-2-4-12(5-3-11)25(20)21/h1-9,19H,(H,20,21)(H,22,23,24). The fourth-order valence-corrected chi connectivity index (χ4v) is 3.17. The molecule has 8 nitrogen and oxygen atoms in total. The van der Waals surface area contributed by atoms with E-state index in [2.05, 4.69) is 10.2 Å². The van der Waals surface area contributed by atoms with E-state index in [4.69, 9.17) is 9.11 Å². The number of rotatable bonds is 4. The molecule has 0 aliphatic rings. The van der Waals surface area contributed by atoms with Gasteiger partial charge in [-0.3, -0.25) is 4.55 Å². The van der Waals surface area contributed by atoms with Gasteiger partial charge in [0.2, 0.25) is 0 Å². The van der Waals surface area contributed by atoms with Crippen molar-refractivity contribution in [2.24, 2.45) is 10.2 Å². The summed E-state index contributed by atoms with van der Waals surface area (Å²) in [6.45, 7) is 0. The summed E-state index contributed by atoms with van der Waals surface area (Å²) in [5.74, 6) is -0.158. The minimum absolute atomic E-state index is 0.124. The number of aromatic hydroxyl groups is 1. The Hall–Kier alpha value is -2.66. The summed E-state index contributed by atoms with van der Waals surface area (Å²) in [7, 11) is -4.35. The second kappa shape index (κ2) is 6.92. The normalized spacial score (nSPS) is 13.3. The van der Waals surface area contributed by atoms with E-state index in [0.29, 0.717) is 16.5 Å². The number of hydrogen-bond donors (Lipinski definition) is 3. The maximum atomic E-state index is 11.2. The van der Waals surface area contributed by atoms with Crippen molar-refractivity contribution in [1.29, 1.82) is 0 Å². The van der Waals surface area contributed by atoms with Crippen molar-refractivity contribution >= 4 is 43.3 Å². The fourth-order valence-electron chi connectivity index (χ4n) is 2.28. The van der Waals surface area contributed by atoms with Crippen LogP contribution >= 0.6 is 0 Å². The fraction of sp³-hybridized carbons (Fsp3) is 0. The van der Waals surface area contributed by atoms with Gasteiger partial charge >= 0.3 is 0 Å². The Balaban J connectivity index is 2.03. The quantitative estimate of drug-likeness (QED) is 0.351. The van der Waals surface area contributed by atoms with Crippen molar-refractivity contribution in [2.45, 2.75) is 9.79 Å². The molecule has 26 heavy (non-hydrogen) atoms. The summed E-state index contributed by atoms with van der Waals surface area (Å²) in [5.41, 5.74) is 0.518. The van der Waals surface area contributed by atoms with E-state index in [-0.39, 0.29) is 21.2 Å². The highest BCUT2D eigenvalue weighted by molar-refractivity contribution is 7.85. The number of benzene rings is 3. The summed E-state index contributed by atoms with van der Waals surface area (Å²) in [6, 6.07) is 12.5. The van der Waals surface area contributed by atoms with E-state index in [1.165, 1.54) is 54.6 Å². The van der Waals surface area contributed by atoms with E-state index >= 15 is 0 Å². The molecule has 3 aromatic carbocycles. The van der Waals surface area contributed by atoms with Gasteiger partial charge in [0.15, 0.2) is 11.1 Å². The third kappa shape index (κ3) is 3.78. The second-order valence-corrected chi connectivity index (χ2v) is 7.63. The smallest absolute Gasteiger partial charge is 0.294 e. The minimum Gasteiger partial charge on any atom is -0.506 e. The summed E-state index contributed by atoms with van der Waals surface area (Å²) in [6.07, 6.45) is 0. The first kappa shape index (κ1) is 18.1. The van der Waals surface area contributed by atoms with Crippen LogP contribution in [0.15, 0.2) is 74.6 Å². The Morgan fingerprint density at radius 1 is 0.923 bits per heavy atom. The van der Waals surface area contributed by atoms with Crippen molar-refractivity contribution < 1.29 is 26.8 Å². The molecule has 0 aromatic heterocycles. The van der Waals surface area contributed by atoms with Gasteiger partial charge in [0.25, 0.3) is 10.1 Å². The molecule has 3 rings (SSSR count). The van der Waals surface area contributed by atoms with Crippen LogP contribution in [0, 0.1) is 0 Å². The molecule has 0 bridgehead atoms. The first-order chi connectivity index (χ1) is 12.3. The first-order valence-corrected chi connectivity index (χ1v) is 9.66. The third-order valence-electron chi connectivity index (χ3n) is 3.54. The zero-order valence-corrected chi connectivity index (χ0v) is 14.6. The number of hydrogen-bond acceptors (Lipinski definition) is 6. The van der Waals surface area contributed by atoms with Crippen LogP contribution in [0.4, 0.5) is 11.4 Å². The van der Waals surface area contributed by atoms with E-state index < -0.39 is 21.2 Å². The van der Waals surface area contributed by atoms with E-state index in [1.807, 2.05) is 0 Å². The van der Waals surface area contributed by atoms with Crippen LogP contribution in [0.3, 0.4) is 0 Å². The van der Waals surface area contributed by atoms with Crippen molar-refractivity contribution in [3.63, 3.8) is 0 Å². The van der Waals surface area contributed by atoms with Crippen LogP contribution in [0.25, 0.3) is 10.8 Å². The molecular weight excluding hydrogens is 380 g/mol. The van der Waals surface area contributed by atoms with Gasteiger partial charge in [-0.15, -0.1) is 5.11 Å². The zero-order valence-electron chi connectivity index (χ0n) is 13.0. The molecule has 134 valence electrons. The monoisotopic (exact) mass is 392 g/mol. The summed E-state index contributed by atoms with van der Waals surface area (Å²) >= 11 is -2.09. The zero-order chi connectivity index (χ0) is 18.9. The Morgan fingerprint density at radius 2 is 1.62 bits per heavy atom. The molecule has 0 saturated carbocycles. The summed E-state index contributed by atoms with van der Waals surface area (Å²) in [4.78, 5) is -0.0547. The molecule has 0 saturated heterocycles. The van der Waals surface area contributed by atoms with Gasteiger partial charge in [-0.1, -0.05) is 12.1 Å². The lowest BCUT2D eigenvalue weighted by Gasteiger charge is -2.05. The predicted molar refractivity (Wildman–Crippen MR) is 95.1 cm³/mol. The SMILES string of the molecule is O=S(O)c1ccc(N=Nc2c(O)ccc3cc(S(=O)(=O)O)ccc23)cc1. The molecule has 3 aromatic rings. The van der Waals surface area contributed by atoms with Crippen molar-refractivity contribution in [2.75, 3.05) is 0 Å². The van der Waals surface area contributed by atoms with Crippen LogP contribution in [-0.4, -0.2) is 26.8 Å². The van der Waals surface area contributed by atoms with Crippen LogP contribution in [0.1, 0.15) is 0 Å². The number of azo groups is 1. The van der Waals surface area contributed by atoms with E-state index in [1.54, 1.807) is 0 Å². The molecule has 0 aliphatic heterocycles. The van der Waals surface area contributed by atoms with Gasteiger partial charge in [0.1, 0.15) is 11.4 Å². The van der Waals surface area contributed by atoms with Crippen molar-refractivity contribution in [3.8, 4) is 5.75 Å². The number of fused-ring (bicyclic) bond motifs is 1. The topological polar surface area (TPSA) is 137 Å². The summed E-state index contributed by atoms with van der Waals surface area (Å²) in [5, 5.41) is 18.9. The van der Waals surface area contributed by atoms with Gasteiger partial charge in [-0.2, -0.15) is 13.5 Å². The lowest BCUT2D eigenvalue weighted by molar-refractivity contribution is 0.477. The largest absolute Gasteiger partial charge is 0.506 e. The molecule has 0 radical (unpaired) electrons. The Bertz CT molecular complexity index is 1140. The molecule has 0 fully saturated rings. The van der Waals surface area contributed by atoms with Crippen LogP contribution in [0.2, 0.25) is 0 Å². The molecule has 10 heteroatoms. The van der Waals surface area contributed by atoms with E-state index in [9.17, 15) is 17.7 Å². The molecule has 1 unspecified atom stereocenters. The molecule has 3 N–H and O–H groups in total. The molecule has 0 amide bonds. The Kier molecular flexibility index (Phi) is 4.83. The minimum atomic E-state index is -4.35. The average molecular weight is 392 g/mol. The number of phenolic OH excluding ortho intramolecular Hbond substituents is 1. The highest BCUT2D eigenvalue weighted by Crippen LogP contribution is 2.37. The summed E-state index contributed by atoms with van der Waals surface area (Å²) < 4.78 is 51.5. The van der Waals surface area contributed by atoms with Gasteiger partial charge in [0, 0.05) is 5.39 Å². The predicted octanol–water partition coefficient (Wildman–Crippen LogP) is 3.79. The van der Waals surface area contributed by atoms with Gasteiger partial charge < -0.3 is 9.66 Å². The van der Waals surface area contributed by atoms with Gasteiger partial charge in [-0.25, -0.2) is 4.21 Å². The lowest BCUT2D eigenvalue weighted by atomic mass is 10.1. The highest BCUT2D eigenvalue weighted by atomic mass is 32.2.